The first-order valence-electron chi connectivity index (χ1n) is 7.73. The number of carbonyl (C=O) groups is 1. The van der Waals surface area contributed by atoms with Gasteiger partial charge in [-0.2, -0.15) is 0 Å². The van der Waals surface area contributed by atoms with Crippen molar-refractivity contribution in [2.45, 2.75) is 52.5 Å². The molecular formula is C17H26N2O. The van der Waals surface area contributed by atoms with Crippen molar-refractivity contribution in [3.8, 4) is 0 Å². The Balaban J connectivity index is 1.89. The third-order valence-electron chi connectivity index (χ3n) is 3.84. The van der Waals surface area contributed by atoms with Crippen molar-refractivity contribution in [3.63, 3.8) is 0 Å². The van der Waals surface area contributed by atoms with Crippen LogP contribution in [0.25, 0.3) is 0 Å². The summed E-state index contributed by atoms with van der Waals surface area (Å²) in [5, 5.41) is 3.52. The van der Waals surface area contributed by atoms with Gasteiger partial charge in [0, 0.05) is 30.4 Å². The highest BCUT2D eigenvalue weighted by Crippen LogP contribution is 2.23. The summed E-state index contributed by atoms with van der Waals surface area (Å²) in [5.74, 6) is 0.999. The molecule has 0 aromatic heterocycles. The van der Waals surface area contributed by atoms with E-state index in [0.717, 1.165) is 30.3 Å². The number of hydrogen-bond donors (Lipinski definition) is 1. The second-order valence-corrected chi connectivity index (χ2v) is 6.21. The zero-order valence-corrected chi connectivity index (χ0v) is 12.9. The van der Waals surface area contributed by atoms with Gasteiger partial charge in [0.2, 0.25) is 5.91 Å². The van der Waals surface area contributed by atoms with Crippen LogP contribution in [0, 0.1) is 5.92 Å². The molecule has 0 radical (unpaired) electrons. The van der Waals surface area contributed by atoms with Crippen LogP contribution in [0.2, 0.25) is 0 Å². The highest BCUT2D eigenvalue weighted by Gasteiger charge is 2.21. The topological polar surface area (TPSA) is 32.3 Å². The van der Waals surface area contributed by atoms with E-state index in [1.54, 1.807) is 0 Å². The monoisotopic (exact) mass is 274 g/mol. The molecule has 0 saturated carbocycles. The predicted octanol–water partition coefficient (Wildman–Crippen LogP) is 4.05. The molecule has 1 aromatic rings. The van der Waals surface area contributed by atoms with Crippen molar-refractivity contribution >= 4 is 17.3 Å². The molecule has 1 aliphatic heterocycles. The number of benzene rings is 1. The van der Waals surface area contributed by atoms with Crippen molar-refractivity contribution < 1.29 is 4.79 Å². The maximum Gasteiger partial charge on any atom is 0.227 e. The largest absolute Gasteiger partial charge is 0.383 e. The lowest BCUT2D eigenvalue weighted by atomic mass is 10.0. The quantitative estimate of drug-likeness (QED) is 0.848. The second kappa shape index (κ2) is 6.78. The van der Waals surface area contributed by atoms with Gasteiger partial charge in [-0.25, -0.2) is 0 Å². The lowest BCUT2D eigenvalue weighted by molar-refractivity contribution is -0.117. The van der Waals surface area contributed by atoms with Gasteiger partial charge in [0.25, 0.3) is 0 Å². The summed E-state index contributed by atoms with van der Waals surface area (Å²) in [6, 6.07) is 8.72. The van der Waals surface area contributed by atoms with Crippen LogP contribution in [0.15, 0.2) is 24.3 Å². The van der Waals surface area contributed by atoms with E-state index in [0.29, 0.717) is 12.5 Å². The first-order chi connectivity index (χ1) is 9.56. The minimum atomic E-state index is 0.246. The third-order valence-corrected chi connectivity index (χ3v) is 3.84. The van der Waals surface area contributed by atoms with E-state index >= 15 is 0 Å². The molecule has 3 heteroatoms. The van der Waals surface area contributed by atoms with E-state index in [1.807, 2.05) is 17.0 Å². The first-order valence-corrected chi connectivity index (χ1v) is 7.73. The predicted molar refractivity (Wildman–Crippen MR) is 85.2 cm³/mol. The molecule has 1 N–H and O–H groups in total. The van der Waals surface area contributed by atoms with Crippen LogP contribution >= 0.6 is 0 Å². The van der Waals surface area contributed by atoms with Gasteiger partial charge in [-0.05, 0) is 56.4 Å². The molecule has 1 saturated heterocycles. The summed E-state index contributed by atoms with van der Waals surface area (Å²) in [6.07, 6.45) is 4.09. The fourth-order valence-electron chi connectivity index (χ4n) is 2.60. The maximum atomic E-state index is 11.7. The van der Waals surface area contributed by atoms with Gasteiger partial charge in [-0.3, -0.25) is 4.79 Å². The zero-order valence-electron chi connectivity index (χ0n) is 12.9. The lowest BCUT2D eigenvalue weighted by Crippen LogP contribution is -2.23. The molecular weight excluding hydrogens is 248 g/mol. The molecule has 0 spiro atoms. The molecule has 0 bridgehead atoms. The third kappa shape index (κ3) is 3.99. The average Bonchev–Trinajstić information content (AvgIpc) is 2.84. The Morgan fingerprint density at radius 1 is 1.15 bits per heavy atom. The Morgan fingerprint density at radius 3 is 2.40 bits per heavy atom. The molecule has 1 aliphatic rings. The Morgan fingerprint density at radius 2 is 1.85 bits per heavy atom. The number of carbonyl (C=O) groups excluding carboxylic acids is 1. The summed E-state index contributed by atoms with van der Waals surface area (Å²) in [5.41, 5.74) is 2.16. The number of hydrogen-bond acceptors (Lipinski definition) is 2. The number of anilines is 2. The molecule has 1 atom stereocenters. The normalized spacial score (nSPS) is 16.8. The Kier molecular flexibility index (Phi) is 5.05. The molecule has 0 aliphatic carbocycles. The second-order valence-electron chi connectivity index (χ2n) is 6.21. The number of amides is 1. The minimum absolute atomic E-state index is 0.246. The summed E-state index contributed by atoms with van der Waals surface area (Å²) < 4.78 is 0. The van der Waals surface area contributed by atoms with Crippen LogP contribution in [0.5, 0.6) is 0 Å². The molecule has 20 heavy (non-hydrogen) atoms. The van der Waals surface area contributed by atoms with Crippen LogP contribution in [0.4, 0.5) is 11.4 Å². The maximum absolute atomic E-state index is 11.7. The smallest absolute Gasteiger partial charge is 0.227 e. The van der Waals surface area contributed by atoms with Crippen molar-refractivity contribution in [1.29, 1.82) is 0 Å². The van der Waals surface area contributed by atoms with E-state index in [4.69, 9.17) is 0 Å². The Bertz CT molecular complexity index is 439. The van der Waals surface area contributed by atoms with Crippen LogP contribution < -0.4 is 10.2 Å². The highest BCUT2D eigenvalue weighted by atomic mass is 16.2. The lowest BCUT2D eigenvalue weighted by Gasteiger charge is -2.19. The van der Waals surface area contributed by atoms with E-state index in [-0.39, 0.29) is 5.91 Å². The van der Waals surface area contributed by atoms with Gasteiger partial charge in [0.1, 0.15) is 0 Å². The fraction of sp³-hybridized carbons (Fsp3) is 0.588. The van der Waals surface area contributed by atoms with Crippen molar-refractivity contribution in [1.82, 2.24) is 0 Å². The number of nitrogens with zero attached hydrogens (tertiary/aromatic N) is 1. The molecule has 1 fully saturated rings. The van der Waals surface area contributed by atoms with E-state index in [9.17, 15) is 4.79 Å². The average molecular weight is 274 g/mol. The van der Waals surface area contributed by atoms with Gasteiger partial charge in [0.15, 0.2) is 0 Å². The standard InChI is InChI=1S/C17H26N2O/c1-13(2)6-7-14(3)18-15-8-10-16(11-9-15)19-12-4-5-17(19)20/h8-11,13-14,18H,4-7,12H2,1-3H3. The number of rotatable bonds is 6. The van der Waals surface area contributed by atoms with Gasteiger partial charge < -0.3 is 10.2 Å². The van der Waals surface area contributed by atoms with Crippen LogP contribution in [-0.4, -0.2) is 18.5 Å². The van der Waals surface area contributed by atoms with Crippen LogP contribution in [0.3, 0.4) is 0 Å². The molecule has 1 amide bonds. The molecule has 2 rings (SSSR count). The van der Waals surface area contributed by atoms with Crippen molar-refractivity contribution in [3.05, 3.63) is 24.3 Å². The molecule has 1 heterocycles. The van der Waals surface area contributed by atoms with Crippen LogP contribution in [-0.2, 0) is 4.79 Å². The summed E-state index contributed by atoms with van der Waals surface area (Å²) >= 11 is 0. The van der Waals surface area contributed by atoms with Crippen molar-refractivity contribution in [2.24, 2.45) is 5.92 Å². The van der Waals surface area contributed by atoms with E-state index < -0.39 is 0 Å². The Hall–Kier alpha value is -1.51. The molecule has 110 valence electrons. The Labute approximate surface area is 122 Å². The first kappa shape index (κ1) is 14.9. The minimum Gasteiger partial charge on any atom is -0.383 e. The highest BCUT2D eigenvalue weighted by molar-refractivity contribution is 5.95. The van der Waals surface area contributed by atoms with Crippen LogP contribution in [0.1, 0.15) is 46.5 Å². The summed E-state index contributed by atoms with van der Waals surface area (Å²) in [4.78, 5) is 13.6. The van der Waals surface area contributed by atoms with Gasteiger partial charge in [-0.1, -0.05) is 13.8 Å². The van der Waals surface area contributed by atoms with E-state index in [2.05, 4.69) is 38.2 Å². The summed E-state index contributed by atoms with van der Waals surface area (Å²) in [7, 11) is 0. The van der Waals surface area contributed by atoms with E-state index in [1.165, 1.54) is 12.8 Å². The van der Waals surface area contributed by atoms with Gasteiger partial charge in [-0.15, -0.1) is 0 Å². The summed E-state index contributed by atoms with van der Waals surface area (Å²) in [6.45, 7) is 7.60. The zero-order chi connectivity index (χ0) is 14.5. The molecule has 1 unspecified atom stereocenters. The number of nitrogens with one attached hydrogen (secondary N) is 1. The fourth-order valence-corrected chi connectivity index (χ4v) is 2.60. The van der Waals surface area contributed by atoms with Crippen molar-refractivity contribution in [2.75, 3.05) is 16.8 Å². The molecule has 3 nitrogen and oxygen atoms in total. The van der Waals surface area contributed by atoms with Gasteiger partial charge >= 0.3 is 0 Å². The SMILES string of the molecule is CC(C)CCC(C)Nc1ccc(N2CCCC2=O)cc1. The molecule has 1 aromatic carbocycles. The van der Waals surface area contributed by atoms with Gasteiger partial charge in [0.05, 0.1) is 0 Å².